The van der Waals surface area contributed by atoms with Gasteiger partial charge in [-0.05, 0) is 55.4 Å². The predicted octanol–water partition coefficient (Wildman–Crippen LogP) is 6.24. The van der Waals surface area contributed by atoms with Crippen molar-refractivity contribution in [1.29, 1.82) is 0 Å². The average molecular weight is 475 g/mol. The van der Waals surface area contributed by atoms with Gasteiger partial charge >= 0.3 is 0 Å². The fourth-order valence-corrected chi connectivity index (χ4v) is 6.54. The second-order valence-electron chi connectivity index (χ2n) is 9.46. The van der Waals surface area contributed by atoms with Crippen LogP contribution in [0.25, 0.3) is 15.9 Å². The van der Waals surface area contributed by atoms with Crippen LogP contribution in [0.2, 0.25) is 5.02 Å². The lowest BCUT2D eigenvalue weighted by molar-refractivity contribution is -0.123. The highest BCUT2D eigenvalue weighted by Gasteiger charge is 2.27. The highest BCUT2D eigenvalue weighted by Crippen LogP contribution is 2.37. The first-order chi connectivity index (χ1) is 14.6. The van der Waals surface area contributed by atoms with E-state index < -0.39 is 5.41 Å². The Kier molecular flexibility index (Phi) is 6.10. The summed E-state index contributed by atoms with van der Waals surface area (Å²) in [6.45, 7) is 9.92. The van der Waals surface area contributed by atoms with E-state index in [-0.39, 0.29) is 17.1 Å². The molecule has 164 valence electrons. The van der Waals surface area contributed by atoms with Gasteiger partial charge in [-0.15, -0.1) is 11.3 Å². The Bertz CT molecular complexity index is 1240. The molecule has 0 fully saturated rings. The van der Waals surface area contributed by atoms with Crippen LogP contribution in [0, 0.1) is 18.3 Å². The maximum Gasteiger partial charge on any atom is 0.267 e. The standard InChI is InChI=1S/C24H27ClN2O2S2/c1-13-6-9-16-18(10-13)31-21-20(16)22(29)27(15-8-7-14(2)17(25)11-15)23(26-21)30-12-19(28)24(3,4)5/h7-8,11,13H,6,9-10,12H2,1-5H3. The van der Waals surface area contributed by atoms with E-state index in [9.17, 15) is 9.59 Å². The summed E-state index contributed by atoms with van der Waals surface area (Å²) in [4.78, 5) is 33.3. The molecule has 1 aliphatic rings. The summed E-state index contributed by atoms with van der Waals surface area (Å²) < 4.78 is 1.64. The summed E-state index contributed by atoms with van der Waals surface area (Å²) in [7, 11) is 0. The number of thiophene rings is 1. The lowest BCUT2D eigenvalue weighted by Gasteiger charge is -2.18. The number of hydrogen-bond donors (Lipinski definition) is 0. The minimum atomic E-state index is -0.437. The van der Waals surface area contributed by atoms with Gasteiger partial charge in [-0.2, -0.15) is 0 Å². The SMILES string of the molecule is Cc1ccc(-n2c(SCC(=O)C(C)(C)C)nc3sc4c(c3c2=O)CCC(C)C4)cc1Cl. The van der Waals surface area contributed by atoms with E-state index in [1.165, 1.54) is 16.6 Å². The molecule has 1 aliphatic carbocycles. The largest absolute Gasteiger partial charge is 0.298 e. The van der Waals surface area contributed by atoms with Crippen molar-refractivity contribution in [3.8, 4) is 5.69 Å². The van der Waals surface area contributed by atoms with Crippen LogP contribution in [0.4, 0.5) is 0 Å². The van der Waals surface area contributed by atoms with Gasteiger partial charge in [0.2, 0.25) is 0 Å². The Morgan fingerprint density at radius 3 is 2.77 bits per heavy atom. The second-order valence-corrected chi connectivity index (χ2v) is 11.9. The molecule has 0 N–H and O–H groups in total. The number of rotatable bonds is 4. The van der Waals surface area contributed by atoms with Crippen LogP contribution in [0.15, 0.2) is 28.2 Å². The Balaban J connectivity index is 1.90. The van der Waals surface area contributed by atoms with E-state index >= 15 is 0 Å². The number of hydrogen-bond acceptors (Lipinski definition) is 5. The fourth-order valence-electron chi connectivity index (χ4n) is 3.76. The van der Waals surface area contributed by atoms with Crippen molar-refractivity contribution >= 4 is 50.7 Å². The summed E-state index contributed by atoms with van der Waals surface area (Å²) in [6, 6.07) is 5.61. The van der Waals surface area contributed by atoms with Crippen molar-refractivity contribution in [1.82, 2.24) is 9.55 Å². The number of ketones is 1. The molecule has 4 rings (SSSR count). The van der Waals surface area contributed by atoms with Gasteiger partial charge in [0.25, 0.3) is 5.56 Å². The number of nitrogens with zero attached hydrogens (tertiary/aromatic N) is 2. The zero-order valence-electron chi connectivity index (χ0n) is 18.5. The molecule has 0 saturated carbocycles. The lowest BCUT2D eigenvalue weighted by atomic mass is 9.89. The van der Waals surface area contributed by atoms with Crippen molar-refractivity contribution in [2.45, 2.75) is 59.0 Å². The summed E-state index contributed by atoms with van der Waals surface area (Å²) in [5, 5.41) is 1.88. The molecular formula is C24H27ClN2O2S2. The third-order valence-corrected chi connectivity index (χ3v) is 8.38. The van der Waals surface area contributed by atoms with Crippen LogP contribution in [0.3, 0.4) is 0 Å². The van der Waals surface area contributed by atoms with Crippen LogP contribution in [-0.2, 0) is 17.6 Å². The number of Topliss-reactive ketones (excluding diaryl/α,β-unsaturated/α-hetero) is 1. The van der Waals surface area contributed by atoms with E-state index in [2.05, 4.69) is 6.92 Å². The average Bonchev–Trinajstić information content (AvgIpc) is 3.05. The minimum Gasteiger partial charge on any atom is -0.298 e. The number of halogens is 1. The maximum absolute atomic E-state index is 13.8. The number of fused-ring (bicyclic) bond motifs is 3. The lowest BCUT2D eigenvalue weighted by Crippen LogP contribution is -2.25. The normalized spacial score (nSPS) is 16.5. The van der Waals surface area contributed by atoms with Gasteiger partial charge in [-0.3, -0.25) is 14.2 Å². The third-order valence-electron chi connectivity index (χ3n) is 5.88. The van der Waals surface area contributed by atoms with E-state index in [1.54, 1.807) is 15.9 Å². The molecule has 0 spiro atoms. The fraction of sp³-hybridized carbons (Fsp3) is 0.458. The molecule has 1 unspecified atom stereocenters. The van der Waals surface area contributed by atoms with Crippen molar-refractivity contribution in [3.05, 3.63) is 49.6 Å². The first-order valence-corrected chi connectivity index (χ1v) is 12.7. The Hall–Kier alpha value is -1.63. The molecule has 2 aromatic heterocycles. The highest BCUT2D eigenvalue weighted by molar-refractivity contribution is 7.99. The van der Waals surface area contributed by atoms with Crippen LogP contribution in [0.1, 0.15) is 50.1 Å². The quantitative estimate of drug-likeness (QED) is 0.331. The third kappa shape index (κ3) is 4.35. The first kappa shape index (κ1) is 22.6. The van der Waals surface area contributed by atoms with Crippen LogP contribution in [-0.4, -0.2) is 21.1 Å². The molecule has 0 aliphatic heterocycles. The van der Waals surface area contributed by atoms with Gasteiger partial charge < -0.3 is 0 Å². The smallest absolute Gasteiger partial charge is 0.267 e. The van der Waals surface area contributed by atoms with Gasteiger partial charge in [-0.1, -0.05) is 57.1 Å². The number of thioether (sulfide) groups is 1. The van der Waals surface area contributed by atoms with Crippen molar-refractivity contribution in [2.24, 2.45) is 11.3 Å². The van der Waals surface area contributed by atoms with Crippen LogP contribution >= 0.6 is 34.7 Å². The number of carbonyl (C=O) groups is 1. The van der Waals surface area contributed by atoms with E-state index in [1.807, 2.05) is 45.9 Å². The maximum atomic E-state index is 13.8. The summed E-state index contributed by atoms with van der Waals surface area (Å²) in [5.41, 5.74) is 2.29. The first-order valence-electron chi connectivity index (χ1n) is 10.6. The van der Waals surface area contributed by atoms with Gasteiger partial charge in [-0.25, -0.2) is 4.98 Å². The number of benzene rings is 1. The summed E-state index contributed by atoms with van der Waals surface area (Å²) in [6.07, 6.45) is 3.00. The molecule has 1 atom stereocenters. The molecule has 4 nitrogen and oxygen atoms in total. The molecular weight excluding hydrogens is 448 g/mol. The second kappa shape index (κ2) is 8.38. The predicted molar refractivity (Wildman–Crippen MR) is 131 cm³/mol. The van der Waals surface area contributed by atoms with E-state index in [0.29, 0.717) is 21.8 Å². The molecule has 0 bridgehead atoms. The molecule has 0 saturated heterocycles. The monoisotopic (exact) mass is 474 g/mol. The molecule has 0 radical (unpaired) electrons. The number of carbonyl (C=O) groups excluding carboxylic acids is 1. The molecule has 3 aromatic rings. The number of aryl methyl sites for hydroxylation is 2. The van der Waals surface area contributed by atoms with Crippen molar-refractivity contribution in [3.63, 3.8) is 0 Å². The molecule has 0 amide bonds. The Morgan fingerprint density at radius 1 is 1.35 bits per heavy atom. The molecule has 2 heterocycles. The van der Waals surface area contributed by atoms with Gasteiger partial charge in [0, 0.05) is 15.3 Å². The van der Waals surface area contributed by atoms with Gasteiger partial charge in [0.1, 0.15) is 10.6 Å². The summed E-state index contributed by atoms with van der Waals surface area (Å²) in [5.74, 6) is 1.01. The van der Waals surface area contributed by atoms with Gasteiger partial charge in [0.05, 0.1) is 16.8 Å². The van der Waals surface area contributed by atoms with Crippen LogP contribution in [0.5, 0.6) is 0 Å². The van der Waals surface area contributed by atoms with Crippen molar-refractivity contribution in [2.75, 3.05) is 5.75 Å². The topological polar surface area (TPSA) is 52.0 Å². The van der Waals surface area contributed by atoms with Crippen LogP contribution < -0.4 is 5.56 Å². The Labute approximate surface area is 196 Å². The number of aromatic nitrogens is 2. The van der Waals surface area contributed by atoms with E-state index in [0.717, 1.165) is 40.6 Å². The zero-order valence-corrected chi connectivity index (χ0v) is 20.9. The molecule has 31 heavy (non-hydrogen) atoms. The highest BCUT2D eigenvalue weighted by atomic mass is 35.5. The van der Waals surface area contributed by atoms with Gasteiger partial charge in [0.15, 0.2) is 5.16 Å². The molecule has 7 heteroatoms. The van der Waals surface area contributed by atoms with Crippen molar-refractivity contribution < 1.29 is 4.79 Å². The minimum absolute atomic E-state index is 0.0670. The summed E-state index contributed by atoms with van der Waals surface area (Å²) >= 11 is 9.35. The zero-order chi connectivity index (χ0) is 22.5. The van der Waals surface area contributed by atoms with E-state index in [4.69, 9.17) is 16.6 Å². The Morgan fingerprint density at radius 2 is 2.10 bits per heavy atom. The molecule has 1 aromatic carbocycles.